The summed E-state index contributed by atoms with van der Waals surface area (Å²) >= 11 is 5.81. The van der Waals surface area contributed by atoms with Gasteiger partial charge >= 0.3 is 6.18 Å². The van der Waals surface area contributed by atoms with E-state index in [9.17, 15) is 13.2 Å². The van der Waals surface area contributed by atoms with Gasteiger partial charge in [0.1, 0.15) is 23.4 Å². The van der Waals surface area contributed by atoms with Crippen LogP contribution >= 0.6 is 11.6 Å². The summed E-state index contributed by atoms with van der Waals surface area (Å²) in [6.45, 7) is 6.11. The van der Waals surface area contributed by atoms with E-state index in [0.29, 0.717) is 17.6 Å². The van der Waals surface area contributed by atoms with Crippen LogP contribution in [0.4, 0.5) is 13.2 Å². The average molecular weight is 397 g/mol. The predicted octanol–water partition coefficient (Wildman–Crippen LogP) is 6.09. The van der Waals surface area contributed by atoms with Crippen molar-refractivity contribution in [1.82, 2.24) is 19.5 Å². The average Bonchev–Trinajstić information content (AvgIpc) is 3.01. The summed E-state index contributed by atoms with van der Waals surface area (Å²) in [5.41, 5.74) is 0.243. The number of imidazole rings is 1. The number of hydrogen-bond donors (Lipinski definition) is 0. The van der Waals surface area contributed by atoms with Crippen molar-refractivity contribution >= 4 is 22.8 Å². The van der Waals surface area contributed by atoms with Gasteiger partial charge in [0.05, 0.1) is 5.56 Å². The molecule has 2 aromatic heterocycles. The highest BCUT2D eigenvalue weighted by molar-refractivity contribution is 6.30. The third kappa shape index (κ3) is 3.52. The minimum Gasteiger partial charge on any atom is -0.309 e. The molecule has 0 saturated carbocycles. The van der Waals surface area contributed by atoms with Crippen LogP contribution in [-0.4, -0.2) is 19.5 Å². The molecule has 8 heteroatoms. The van der Waals surface area contributed by atoms with Crippen LogP contribution in [0.5, 0.6) is 0 Å². The lowest BCUT2D eigenvalue weighted by Gasteiger charge is -2.17. The third-order valence-electron chi connectivity index (χ3n) is 4.72. The van der Waals surface area contributed by atoms with Crippen molar-refractivity contribution in [2.45, 2.75) is 52.3 Å². The number of fused-ring (bicyclic) bond motifs is 1. The molecule has 3 rings (SSSR count). The molecule has 0 unspecified atom stereocenters. The van der Waals surface area contributed by atoms with Gasteiger partial charge in [0.25, 0.3) is 0 Å². The van der Waals surface area contributed by atoms with Crippen LogP contribution < -0.4 is 0 Å². The van der Waals surface area contributed by atoms with Crippen molar-refractivity contribution in [3.05, 3.63) is 40.9 Å². The van der Waals surface area contributed by atoms with Crippen LogP contribution in [0, 0.1) is 0 Å². The van der Waals surface area contributed by atoms with Gasteiger partial charge in [-0.15, -0.1) is 0 Å². The predicted molar refractivity (Wildman–Crippen MR) is 99.8 cm³/mol. The molecule has 2 heterocycles. The molecule has 0 atom stereocenters. The van der Waals surface area contributed by atoms with Gasteiger partial charge in [-0.3, -0.25) is 0 Å². The maximum absolute atomic E-state index is 13.6. The van der Waals surface area contributed by atoms with Gasteiger partial charge in [0.15, 0.2) is 5.65 Å². The molecule has 0 amide bonds. The normalized spacial score (nSPS) is 12.3. The second-order valence-corrected chi connectivity index (χ2v) is 6.74. The van der Waals surface area contributed by atoms with Crippen LogP contribution in [0.25, 0.3) is 22.4 Å². The Balaban J connectivity index is 2.33. The summed E-state index contributed by atoms with van der Waals surface area (Å²) in [5, 5.41) is 0.0215. The fourth-order valence-electron chi connectivity index (χ4n) is 3.40. The van der Waals surface area contributed by atoms with E-state index < -0.39 is 11.7 Å². The zero-order valence-electron chi connectivity index (χ0n) is 15.3. The van der Waals surface area contributed by atoms with Crippen LogP contribution in [0.2, 0.25) is 5.02 Å². The van der Waals surface area contributed by atoms with E-state index in [1.807, 2.05) is 11.5 Å². The van der Waals surface area contributed by atoms with Crippen molar-refractivity contribution in [2.75, 3.05) is 0 Å². The first-order chi connectivity index (χ1) is 12.8. The van der Waals surface area contributed by atoms with E-state index in [1.54, 1.807) is 0 Å². The molecule has 0 aliphatic heterocycles. The van der Waals surface area contributed by atoms with Gasteiger partial charge in [-0.2, -0.15) is 13.2 Å². The van der Waals surface area contributed by atoms with Crippen LogP contribution in [-0.2, 0) is 12.6 Å². The standard InChI is InChI=1S/C19H20ClF3N4/c1-4-12(5-2)27-15(6-3)26-17-16(24-10-25-18(17)27)13-8-7-11(20)9-14(13)19(21,22)23/h7-10,12H,4-6H2,1-3H3. The van der Waals surface area contributed by atoms with E-state index in [1.165, 1.54) is 18.5 Å². The van der Waals surface area contributed by atoms with Gasteiger partial charge in [-0.25, -0.2) is 15.0 Å². The quantitative estimate of drug-likeness (QED) is 0.524. The molecule has 4 nitrogen and oxygen atoms in total. The molecule has 1 aromatic carbocycles. The molecular formula is C19H20ClF3N4. The van der Waals surface area contributed by atoms with Gasteiger partial charge in [0, 0.05) is 23.0 Å². The maximum Gasteiger partial charge on any atom is 0.417 e. The van der Waals surface area contributed by atoms with E-state index in [0.717, 1.165) is 24.7 Å². The number of aryl methyl sites for hydroxylation is 1. The van der Waals surface area contributed by atoms with Crippen LogP contribution in [0.1, 0.15) is 51.0 Å². The highest BCUT2D eigenvalue weighted by atomic mass is 35.5. The molecule has 0 fully saturated rings. The van der Waals surface area contributed by atoms with Gasteiger partial charge in [-0.1, -0.05) is 38.4 Å². The highest BCUT2D eigenvalue weighted by Crippen LogP contribution is 2.40. The molecule has 0 saturated heterocycles. The van der Waals surface area contributed by atoms with Crippen molar-refractivity contribution in [3.8, 4) is 11.3 Å². The van der Waals surface area contributed by atoms with Crippen molar-refractivity contribution in [2.24, 2.45) is 0 Å². The molecule has 0 aliphatic carbocycles. The smallest absolute Gasteiger partial charge is 0.309 e. The van der Waals surface area contributed by atoms with E-state index in [-0.39, 0.29) is 22.3 Å². The molecular weight excluding hydrogens is 377 g/mol. The Hall–Kier alpha value is -2.15. The highest BCUT2D eigenvalue weighted by Gasteiger charge is 2.35. The molecule has 0 radical (unpaired) electrons. The SMILES string of the molecule is CCc1nc2c(-c3ccc(Cl)cc3C(F)(F)F)ncnc2n1C(CC)CC. The third-order valence-corrected chi connectivity index (χ3v) is 4.95. The molecule has 3 aromatic rings. The second kappa shape index (κ2) is 7.46. The lowest BCUT2D eigenvalue weighted by Crippen LogP contribution is -2.11. The molecule has 0 bridgehead atoms. The minimum absolute atomic E-state index is 0.0215. The number of aromatic nitrogens is 4. The Bertz CT molecular complexity index is 961. The fourth-order valence-corrected chi connectivity index (χ4v) is 3.57. The monoisotopic (exact) mass is 396 g/mol. The summed E-state index contributed by atoms with van der Waals surface area (Å²) in [7, 11) is 0. The topological polar surface area (TPSA) is 43.6 Å². The first-order valence-electron chi connectivity index (χ1n) is 8.90. The number of rotatable bonds is 5. The van der Waals surface area contributed by atoms with Gasteiger partial charge in [0.2, 0.25) is 0 Å². The van der Waals surface area contributed by atoms with Crippen LogP contribution in [0.3, 0.4) is 0 Å². The Morgan fingerprint density at radius 3 is 2.41 bits per heavy atom. The Labute approximate surface area is 160 Å². The largest absolute Gasteiger partial charge is 0.417 e. The summed E-state index contributed by atoms with van der Waals surface area (Å²) in [5.74, 6) is 0.794. The van der Waals surface area contributed by atoms with Crippen molar-refractivity contribution in [1.29, 1.82) is 0 Å². The molecule has 27 heavy (non-hydrogen) atoms. The summed E-state index contributed by atoms with van der Waals surface area (Å²) in [4.78, 5) is 13.1. The van der Waals surface area contributed by atoms with Crippen molar-refractivity contribution in [3.63, 3.8) is 0 Å². The lowest BCUT2D eigenvalue weighted by atomic mass is 10.0. The fraction of sp³-hybridized carbons (Fsp3) is 0.421. The van der Waals surface area contributed by atoms with E-state index in [4.69, 9.17) is 11.6 Å². The summed E-state index contributed by atoms with van der Waals surface area (Å²) in [6.07, 6.45) is -0.847. The van der Waals surface area contributed by atoms with E-state index >= 15 is 0 Å². The maximum atomic E-state index is 13.6. The van der Waals surface area contributed by atoms with E-state index in [2.05, 4.69) is 28.8 Å². The lowest BCUT2D eigenvalue weighted by molar-refractivity contribution is -0.137. The number of hydrogen-bond acceptors (Lipinski definition) is 3. The minimum atomic E-state index is -4.55. The molecule has 0 N–H and O–H groups in total. The zero-order valence-corrected chi connectivity index (χ0v) is 16.1. The Kier molecular flexibility index (Phi) is 5.42. The first kappa shape index (κ1) is 19.6. The number of halogens is 4. The zero-order chi connectivity index (χ0) is 19.8. The summed E-state index contributed by atoms with van der Waals surface area (Å²) < 4.78 is 42.8. The summed E-state index contributed by atoms with van der Waals surface area (Å²) in [6, 6.07) is 3.87. The molecule has 144 valence electrons. The number of nitrogens with zero attached hydrogens (tertiary/aromatic N) is 4. The first-order valence-corrected chi connectivity index (χ1v) is 9.28. The number of alkyl halides is 3. The Morgan fingerprint density at radius 2 is 1.81 bits per heavy atom. The van der Waals surface area contributed by atoms with Crippen LogP contribution in [0.15, 0.2) is 24.5 Å². The Morgan fingerprint density at radius 1 is 1.11 bits per heavy atom. The molecule has 0 aliphatic rings. The molecule has 0 spiro atoms. The van der Waals surface area contributed by atoms with Gasteiger partial charge < -0.3 is 4.57 Å². The van der Waals surface area contributed by atoms with Crippen molar-refractivity contribution < 1.29 is 13.2 Å². The van der Waals surface area contributed by atoms with Gasteiger partial charge in [-0.05, 0) is 25.0 Å². The second-order valence-electron chi connectivity index (χ2n) is 6.30. The number of benzene rings is 1.